The number of ether oxygens (including phenoxy) is 1. The normalized spacial score (nSPS) is 12.8. The lowest BCUT2D eigenvalue weighted by atomic mass is 10.1. The smallest absolute Gasteiger partial charge is 0.0560 e. The van der Waals surface area contributed by atoms with Gasteiger partial charge in [-0.25, -0.2) is 0 Å². The standard InChI is InChI=1S/C17H29NOS/c1-5-10-18-15(4)16-6-8-17(9-7-16)20-12-11-19-13-14(2)3/h6-9,14-15,18H,5,10-13H2,1-4H3. The Hall–Kier alpha value is -0.510. The lowest BCUT2D eigenvalue weighted by Crippen LogP contribution is -2.19. The highest BCUT2D eigenvalue weighted by molar-refractivity contribution is 7.99. The molecule has 0 saturated heterocycles. The molecule has 1 rings (SSSR count). The Morgan fingerprint density at radius 3 is 2.45 bits per heavy atom. The number of benzene rings is 1. The highest BCUT2D eigenvalue weighted by atomic mass is 32.2. The fourth-order valence-electron chi connectivity index (χ4n) is 1.87. The minimum absolute atomic E-state index is 0.434. The molecule has 114 valence electrons. The average Bonchev–Trinajstić information content (AvgIpc) is 2.44. The zero-order valence-electron chi connectivity index (χ0n) is 13.3. The van der Waals surface area contributed by atoms with Crippen molar-refractivity contribution in [3.05, 3.63) is 29.8 Å². The molecule has 1 N–H and O–H groups in total. The maximum Gasteiger partial charge on any atom is 0.0560 e. The summed E-state index contributed by atoms with van der Waals surface area (Å²) in [5.41, 5.74) is 1.36. The first-order chi connectivity index (χ1) is 9.63. The van der Waals surface area contributed by atoms with Crippen LogP contribution in [0.3, 0.4) is 0 Å². The van der Waals surface area contributed by atoms with Gasteiger partial charge >= 0.3 is 0 Å². The van der Waals surface area contributed by atoms with Crippen LogP contribution in [-0.2, 0) is 4.74 Å². The van der Waals surface area contributed by atoms with Crippen molar-refractivity contribution in [2.24, 2.45) is 5.92 Å². The van der Waals surface area contributed by atoms with E-state index in [9.17, 15) is 0 Å². The molecule has 0 spiro atoms. The van der Waals surface area contributed by atoms with Crippen molar-refractivity contribution in [1.82, 2.24) is 5.32 Å². The van der Waals surface area contributed by atoms with Crippen molar-refractivity contribution in [3.8, 4) is 0 Å². The number of hydrogen-bond donors (Lipinski definition) is 1. The van der Waals surface area contributed by atoms with E-state index in [2.05, 4.69) is 57.3 Å². The van der Waals surface area contributed by atoms with E-state index < -0.39 is 0 Å². The molecule has 0 aliphatic heterocycles. The van der Waals surface area contributed by atoms with Crippen molar-refractivity contribution in [2.75, 3.05) is 25.5 Å². The summed E-state index contributed by atoms with van der Waals surface area (Å²) in [6, 6.07) is 9.32. The minimum atomic E-state index is 0.434. The van der Waals surface area contributed by atoms with Gasteiger partial charge in [0.25, 0.3) is 0 Å². The van der Waals surface area contributed by atoms with E-state index in [1.54, 1.807) is 0 Å². The number of thioether (sulfide) groups is 1. The Labute approximate surface area is 128 Å². The molecule has 3 heteroatoms. The number of rotatable bonds is 10. The third-order valence-electron chi connectivity index (χ3n) is 3.03. The molecular weight excluding hydrogens is 266 g/mol. The Morgan fingerprint density at radius 1 is 1.15 bits per heavy atom. The second-order valence-electron chi connectivity index (χ2n) is 5.56. The van der Waals surface area contributed by atoms with Crippen LogP contribution in [0.25, 0.3) is 0 Å². The third-order valence-corrected chi connectivity index (χ3v) is 4.00. The van der Waals surface area contributed by atoms with E-state index >= 15 is 0 Å². The largest absolute Gasteiger partial charge is 0.380 e. The molecule has 0 radical (unpaired) electrons. The molecule has 0 aromatic heterocycles. The van der Waals surface area contributed by atoms with E-state index in [0.29, 0.717) is 12.0 Å². The summed E-state index contributed by atoms with van der Waals surface area (Å²) < 4.78 is 5.59. The summed E-state index contributed by atoms with van der Waals surface area (Å²) in [5, 5.41) is 3.51. The molecule has 1 aromatic carbocycles. The van der Waals surface area contributed by atoms with Crippen molar-refractivity contribution in [2.45, 2.75) is 45.1 Å². The van der Waals surface area contributed by atoms with Crippen LogP contribution < -0.4 is 5.32 Å². The minimum Gasteiger partial charge on any atom is -0.380 e. The predicted molar refractivity (Wildman–Crippen MR) is 89.5 cm³/mol. The van der Waals surface area contributed by atoms with Gasteiger partial charge in [-0.05, 0) is 43.5 Å². The van der Waals surface area contributed by atoms with Crippen LogP contribution in [-0.4, -0.2) is 25.5 Å². The molecule has 0 aliphatic carbocycles. The maximum atomic E-state index is 5.59. The highest BCUT2D eigenvalue weighted by Gasteiger charge is 2.04. The zero-order valence-corrected chi connectivity index (χ0v) is 14.1. The monoisotopic (exact) mass is 295 g/mol. The second kappa shape index (κ2) is 10.3. The summed E-state index contributed by atoms with van der Waals surface area (Å²) in [5.74, 6) is 1.65. The van der Waals surface area contributed by atoms with Gasteiger partial charge in [0.15, 0.2) is 0 Å². The number of nitrogens with one attached hydrogen (secondary N) is 1. The summed E-state index contributed by atoms with van der Waals surface area (Å²) in [6.07, 6.45) is 1.18. The topological polar surface area (TPSA) is 21.3 Å². The molecule has 0 bridgehead atoms. The second-order valence-corrected chi connectivity index (χ2v) is 6.73. The Kier molecular flexibility index (Phi) is 8.99. The van der Waals surface area contributed by atoms with Crippen LogP contribution in [0.5, 0.6) is 0 Å². The Bertz CT molecular complexity index is 351. The molecule has 2 nitrogen and oxygen atoms in total. The molecule has 1 atom stereocenters. The first kappa shape index (κ1) is 17.5. The van der Waals surface area contributed by atoms with E-state index in [1.807, 2.05) is 11.8 Å². The zero-order chi connectivity index (χ0) is 14.8. The van der Waals surface area contributed by atoms with Gasteiger partial charge in [-0.15, -0.1) is 11.8 Å². The van der Waals surface area contributed by atoms with Gasteiger partial charge in [0, 0.05) is 23.3 Å². The van der Waals surface area contributed by atoms with Gasteiger partial charge in [-0.1, -0.05) is 32.9 Å². The summed E-state index contributed by atoms with van der Waals surface area (Å²) in [4.78, 5) is 1.32. The molecule has 0 aliphatic rings. The average molecular weight is 295 g/mol. The first-order valence-corrected chi connectivity index (χ1v) is 8.66. The van der Waals surface area contributed by atoms with Crippen LogP contribution in [0.1, 0.15) is 45.7 Å². The van der Waals surface area contributed by atoms with Gasteiger partial charge in [0.05, 0.1) is 6.61 Å². The van der Waals surface area contributed by atoms with Crippen LogP contribution in [0, 0.1) is 5.92 Å². The summed E-state index contributed by atoms with van der Waals surface area (Å²) >= 11 is 1.86. The molecular formula is C17H29NOS. The Balaban J connectivity index is 2.28. The predicted octanol–water partition coefficient (Wildman–Crippen LogP) is 4.51. The summed E-state index contributed by atoms with van der Waals surface area (Å²) in [6.45, 7) is 11.5. The quantitative estimate of drug-likeness (QED) is 0.507. The van der Waals surface area contributed by atoms with Crippen LogP contribution in [0.15, 0.2) is 29.2 Å². The van der Waals surface area contributed by atoms with Gasteiger partial charge in [0.2, 0.25) is 0 Å². The Morgan fingerprint density at radius 2 is 1.85 bits per heavy atom. The van der Waals surface area contributed by atoms with Gasteiger partial charge in [-0.2, -0.15) is 0 Å². The lowest BCUT2D eigenvalue weighted by molar-refractivity contribution is 0.124. The van der Waals surface area contributed by atoms with E-state index in [4.69, 9.17) is 4.74 Å². The molecule has 20 heavy (non-hydrogen) atoms. The molecule has 1 unspecified atom stereocenters. The highest BCUT2D eigenvalue weighted by Crippen LogP contribution is 2.21. The van der Waals surface area contributed by atoms with Crippen LogP contribution in [0.4, 0.5) is 0 Å². The molecule has 0 saturated carbocycles. The fourth-order valence-corrected chi connectivity index (χ4v) is 2.63. The molecule has 1 aromatic rings. The fraction of sp³-hybridized carbons (Fsp3) is 0.647. The van der Waals surface area contributed by atoms with E-state index in [-0.39, 0.29) is 0 Å². The van der Waals surface area contributed by atoms with Crippen molar-refractivity contribution < 1.29 is 4.74 Å². The summed E-state index contributed by atoms with van der Waals surface area (Å²) in [7, 11) is 0. The van der Waals surface area contributed by atoms with Gasteiger partial charge in [-0.3, -0.25) is 0 Å². The molecule has 0 heterocycles. The molecule has 0 amide bonds. The first-order valence-electron chi connectivity index (χ1n) is 7.67. The lowest BCUT2D eigenvalue weighted by Gasteiger charge is -2.14. The van der Waals surface area contributed by atoms with Gasteiger partial charge < -0.3 is 10.1 Å². The van der Waals surface area contributed by atoms with Crippen LogP contribution >= 0.6 is 11.8 Å². The SMILES string of the molecule is CCCNC(C)c1ccc(SCCOCC(C)C)cc1. The van der Waals surface area contributed by atoms with E-state index in [0.717, 1.165) is 25.5 Å². The third kappa shape index (κ3) is 7.32. The van der Waals surface area contributed by atoms with Crippen LogP contribution in [0.2, 0.25) is 0 Å². The number of hydrogen-bond acceptors (Lipinski definition) is 3. The van der Waals surface area contributed by atoms with E-state index in [1.165, 1.54) is 16.9 Å². The van der Waals surface area contributed by atoms with Crippen molar-refractivity contribution >= 4 is 11.8 Å². The van der Waals surface area contributed by atoms with Crippen molar-refractivity contribution in [1.29, 1.82) is 0 Å². The molecule has 0 fully saturated rings. The van der Waals surface area contributed by atoms with Crippen molar-refractivity contribution in [3.63, 3.8) is 0 Å². The van der Waals surface area contributed by atoms with Gasteiger partial charge in [0.1, 0.15) is 0 Å². The maximum absolute atomic E-state index is 5.59.